The zero-order valence-electron chi connectivity index (χ0n) is 21.3. The Morgan fingerprint density at radius 3 is 2.46 bits per heavy atom. The number of thiazole rings is 1. The predicted molar refractivity (Wildman–Crippen MR) is 150 cm³/mol. The second-order valence-corrected chi connectivity index (χ2v) is 10.5. The molecule has 0 saturated heterocycles. The van der Waals surface area contributed by atoms with Gasteiger partial charge < -0.3 is 13.9 Å². The van der Waals surface area contributed by atoms with Crippen molar-refractivity contribution in [2.45, 2.75) is 19.9 Å². The van der Waals surface area contributed by atoms with E-state index in [1.165, 1.54) is 23.0 Å². The summed E-state index contributed by atoms with van der Waals surface area (Å²) in [7, 11) is 1.33. The van der Waals surface area contributed by atoms with Crippen molar-refractivity contribution in [2.24, 2.45) is 4.99 Å². The molecule has 4 aromatic rings. The lowest BCUT2D eigenvalue weighted by Crippen LogP contribution is -2.39. The van der Waals surface area contributed by atoms with E-state index in [9.17, 15) is 14.4 Å². The van der Waals surface area contributed by atoms with Crippen molar-refractivity contribution >= 4 is 45.3 Å². The number of rotatable bonds is 6. The molecule has 3 heterocycles. The van der Waals surface area contributed by atoms with Crippen molar-refractivity contribution in [3.05, 3.63) is 113 Å². The highest BCUT2D eigenvalue weighted by atomic mass is 79.9. The summed E-state index contributed by atoms with van der Waals surface area (Å²) in [5.74, 6) is 0.141. The van der Waals surface area contributed by atoms with Gasteiger partial charge in [0.15, 0.2) is 4.80 Å². The van der Waals surface area contributed by atoms with Gasteiger partial charge in [-0.15, -0.1) is 0 Å². The summed E-state index contributed by atoms with van der Waals surface area (Å²) < 4.78 is 18.9. The van der Waals surface area contributed by atoms with E-state index in [1.54, 1.807) is 56.3 Å². The largest absolute Gasteiger partial charge is 0.465 e. The number of furan rings is 1. The Hall–Kier alpha value is -4.02. The van der Waals surface area contributed by atoms with Gasteiger partial charge in [0.25, 0.3) is 5.56 Å². The Labute approximate surface area is 235 Å². The molecule has 0 saturated carbocycles. The number of nitrogens with zero attached hydrogens (tertiary/aromatic N) is 2. The van der Waals surface area contributed by atoms with Gasteiger partial charge in [-0.05, 0) is 55.8 Å². The number of allylic oxidation sites excluding steroid dienone is 1. The molecule has 10 heteroatoms. The number of carbonyl (C=O) groups excluding carboxylic acids is 2. The summed E-state index contributed by atoms with van der Waals surface area (Å²) in [6.45, 7) is 3.70. The van der Waals surface area contributed by atoms with E-state index in [0.717, 1.165) is 15.6 Å². The minimum absolute atomic E-state index is 0.208. The highest BCUT2D eigenvalue weighted by Crippen LogP contribution is 2.31. The lowest BCUT2D eigenvalue weighted by molar-refractivity contribution is -0.139. The van der Waals surface area contributed by atoms with Gasteiger partial charge in [-0.25, -0.2) is 14.6 Å². The topological polar surface area (TPSA) is 100 Å². The van der Waals surface area contributed by atoms with Crippen molar-refractivity contribution < 1.29 is 23.5 Å². The molecule has 0 aliphatic carbocycles. The number of carbonyl (C=O) groups is 2. The Balaban J connectivity index is 1.57. The van der Waals surface area contributed by atoms with Crippen molar-refractivity contribution in [3.63, 3.8) is 0 Å². The first kappa shape index (κ1) is 26.6. The highest BCUT2D eigenvalue weighted by Gasteiger charge is 2.33. The summed E-state index contributed by atoms with van der Waals surface area (Å²) in [5, 5.41) is 0. The molecule has 1 aliphatic heterocycles. The van der Waals surface area contributed by atoms with E-state index in [1.807, 2.05) is 24.3 Å². The number of fused-ring (bicyclic) bond motifs is 1. The standard InChI is InChI=1S/C29H23BrN2O6S/c1-4-37-28(35)24-16(2)31-29-32(25(24)18-9-11-20(30)12-10-18)26(33)23(39-29)15-21-13-14-22(38-21)17-5-7-19(8-6-17)27(34)36-3/h5-15,25H,4H2,1-3H3/b23-15+/t25-/m0/s1. The third kappa shape index (κ3) is 5.17. The fourth-order valence-corrected chi connectivity index (χ4v) is 5.65. The van der Waals surface area contributed by atoms with Crippen LogP contribution in [0.25, 0.3) is 17.4 Å². The van der Waals surface area contributed by atoms with Gasteiger partial charge in [-0.2, -0.15) is 0 Å². The molecule has 2 aromatic carbocycles. The molecule has 1 aliphatic rings. The van der Waals surface area contributed by atoms with Crippen LogP contribution in [0.2, 0.25) is 0 Å². The van der Waals surface area contributed by atoms with E-state index in [4.69, 9.17) is 13.9 Å². The molecular weight excluding hydrogens is 584 g/mol. The smallest absolute Gasteiger partial charge is 0.338 e. The van der Waals surface area contributed by atoms with Gasteiger partial charge in [-0.3, -0.25) is 9.36 Å². The summed E-state index contributed by atoms with van der Waals surface area (Å²) >= 11 is 4.67. The molecule has 0 bridgehead atoms. The molecule has 0 spiro atoms. The Morgan fingerprint density at radius 1 is 1.08 bits per heavy atom. The van der Waals surface area contributed by atoms with Crippen LogP contribution in [-0.2, 0) is 14.3 Å². The number of hydrogen-bond donors (Lipinski definition) is 0. The van der Waals surface area contributed by atoms with Crippen LogP contribution in [0, 0.1) is 0 Å². The number of halogens is 1. The SMILES string of the molecule is CCOC(=O)C1=C(C)N=c2s/c(=C/c3ccc(-c4ccc(C(=O)OC)cc4)o3)c(=O)n2[C@H]1c1ccc(Br)cc1. The summed E-state index contributed by atoms with van der Waals surface area (Å²) in [6, 6.07) is 17.2. The average Bonchev–Trinajstić information content (AvgIpc) is 3.52. The van der Waals surface area contributed by atoms with Crippen LogP contribution in [-0.4, -0.2) is 30.2 Å². The zero-order chi connectivity index (χ0) is 27.7. The van der Waals surface area contributed by atoms with Gasteiger partial charge in [0.05, 0.1) is 41.1 Å². The van der Waals surface area contributed by atoms with E-state index in [0.29, 0.717) is 37.7 Å². The Bertz CT molecular complexity index is 1780. The van der Waals surface area contributed by atoms with Crippen LogP contribution < -0.4 is 14.9 Å². The van der Waals surface area contributed by atoms with Crippen LogP contribution in [0.3, 0.4) is 0 Å². The summed E-state index contributed by atoms with van der Waals surface area (Å²) in [5.41, 5.74) is 2.51. The van der Waals surface area contributed by atoms with Gasteiger partial charge in [0.2, 0.25) is 0 Å². The lowest BCUT2D eigenvalue weighted by Gasteiger charge is -2.24. The molecule has 5 rings (SSSR count). The third-order valence-electron chi connectivity index (χ3n) is 6.19. The molecule has 2 aromatic heterocycles. The number of hydrogen-bond acceptors (Lipinski definition) is 8. The molecule has 0 radical (unpaired) electrons. The molecule has 198 valence electrons. The van der Waals surface area contributed by atoms with Crippen LogP contribution in [0.4, 0.5) is 0 Å². The maximum Gasteiger partial charge on any atom is 0.338 e. The highest BCUT2D eigenvalue weighted by molar-refractivity contribution is 9.10. The molecule has 0 amide bonds. The number of benzene rings is 2. The summed E-state index contributed by atoms with van der Waals surface area (Å²) in [4.78, 5) is 43.5. The summed E-state index contributed by atoms with van der Waals surface area (Å²) in [6.07, 6.45) is 1.66. The molecule has 0 fully saturated rings. The van der Waals surface area contributed by atoms with Crippen molar-refractivity contribution in [3.8, 4) is 11.3 Å². The number of esters is 2. The van der Waals surface area contributed by atoms with Crippen LogP contribution in [0.5, 0.6) is 0 Å². The molecule has 0 N–H and O–H groups in total. The van der Waals surface area contributed by atoms with E-state index < -0.39 is 18.0 Å². The minimum atomic E-state index is -0.684. The first-order chi connectivity index (χ1) is 18.8. The predicted octanol–water partition coefficient (Wildman–Crippen LogP) is 4.61. The van der Waals surface area contributed by atoms with Crippen LogP contribution in [0.15, 0.2) is 90.6 Å². The van der Waals surface area contributed by atoms with E-state index >= 15 is 0 Å². The first-order valence-corrected chi connectivity index (χ1v) is 13.7. The van der Waals surface area contributed by atoms with Gasteiger partial charge >= 0.3 is 11.9 Å². The van der Waals surface area contributed by atoms with Gasteiger partial charge in [0, 0.05) is 16.1 Å². The fraction of sp³-hybridized carbons (Fsp3) is 0.172. The van der Waals surface area contributed by atoms with Crippen molar-refractivity contribution in [1.29, 1.82) is 0 Å². The Kier molecular flexibility index (Phi) is 7.49. The zero-order valence-corrected chi connectivity index (χ0v) is 23.7. The molecule has 0 unspecified atom stereocenters. The Morgan fingerprint density at radius 2 is 1.79 bits per heavy atom. The number of methoxy groups -OCH3 is 1. The van der Waals surface area contributed by atoms with Gasteiger partial charge in [0.1, 0.15) is 11.5 Å². The molecular formula is C29H23BrN2O6S. The first-order valence-electron chi connectivity index (χ1n) is 12.0. The molecule has 8 nitrogen and oxygen atoms in total. The third-order valence-corrected chi connectivity index (χ3v) is 7.71. The second-order valence-electron chi connectivity index (χ2n) is 8.62. The van der Waals surface area contributed by atoms with Crippen molar-refractivity contribution in [2.75, 3.05) is 13.7 Å². The lowest BCUT2D eigenvalue weighted by atomic mass is 9.96. The maximum absolute atomic E-state index is 13.7. The van der Waals surface area contributed by atoms with Crippen LogP contribution >= 0.6 is 27.3 Å². The average molecular weight is 607 g/mol. The number of ether oxygens (including phenoxy) is 2. The second kappa shape index (κ2) is 11.0. The van der Waals surface area contributed by atoms with Crippen molar-refractivity contribution in [1.82, 2.24) is 4.57 Å². The van der Waals surface area contributed by atoms with Gasteiger partial charge in [-0.1, -0.05) is 51.5 Å². The normalized spacial score (nSPS) is 15.1. The minimum Gasteiger partial charge on any atom is -0.465 e. The quantitative estimate of drug-likeness (QED) is 0.297. The molecule has 1 atom stereocenters. The number of aromatic nitrogens is 1. The van der Waals surface area contributed by atoms with E-state index in [-0.39, 0.29) is 12.2 Å². The maximum atomic E-state index is 13.7. The molecule has 39 heavy (non-hydrogen) atoms. The monoisotopic (exact) mass is 606 g/mol. The van der Waals surface area contributed by atoms with Crippen LogP contribution in [0.1, 0.15) is 41.6 Å². The fourth-order valence-electron chi connectivity index (χ4n) is 4.36. The van der Waals surface area contributed by atoms with E-state index in [2.05, 4.69) is 20.9 Å².